The number of urea groups is 1. The molecule has 1 spiro atoms. The number of hydrogen-bond donors (Lipinski definition) is 1. The van der Waals surface area contributed by atoms with E-state index in [0.717, 1.165) is 43.0 Å². The molecule has 35 heavy (non-hydrogen) atoms. The first-order valence-electron chi connectivity index (χ1n) is 11.0. The highest BCUT2D eigenvalue weighted by Gasteiger charge is 2.55. The highest BCUT2D eigenvalue weighted by atomic mass is 32.1. The molecule has 0 radical (unpaired) electrons. The number of halogens is 3. The van der Waals surface area contributed by atoms with Crippen molar-refractivity contribution in [1.82, 2.24) is 24.9 Å². The summed E-state index contributed by atoms with van der Waals surface area (Å²) in [6, 6.07) is 2.41. The van der Waals surface area contributed by atoms with Crippen LogP contribution in [-0.4, -0.2) is 69.2 Å². The van der Waals surface area contributed by atoms with Crippen LogP contribution in [0, 0.1) is 5.41 Å². The van der Waals surface area contributed by atoms with Gasteiger partial charge < -0.3 is 14.3 Å². The van der Waals surface area contributed by atoms with Crippen molar-refractivity contribution < 1.29 is 27.3 Å². The van der Waals surface area contributed by atoms with Crippen molar-refractivity contribution in [2.75, 3.05) is 25.5 Å². The summed E-state index contributed by atoms with van der Waals surface area (Å²) in [4.78, 5) is 37.1. The third-order valence-electron chi connectivity index (χ3n) is 7.06. The Balaban J connectivity index is 1.14. The van der Waals surface area contributed by atoms with Crippen molar-refractivity contribution in [3.8, 4) is 0 Å². The van der Waals surface area contributed by atoms with Gasteiger partial charge >= 0.3 is 12.2 Å². The lowest BCUT2D eigenvalue weighted by molar-refractivity contribution is -0.185. The van der Waals surface area contributed by atoms with Crippen molar-refractivity contribution in [2.24, 2.45) is 5.41 Å². The highest BCUT2D eigenvalue weighted by molar-refractivity contribution is 7.17. The molecular formula is C22H23F3N6O3S. The summed E-state index contributed by atoms with van der Waals surface area (Å²) < 4.78 is 45.2. The van der Waals surface area contributed by atoms with Crippen molar-refractivity contribution in [3.63, 3.8) is 0 Å². The van der Waals surface area contributed by atoms with Crippen molar-refractivity contribution in [1.29, 1.82) is 0 Å². The van der Waals surface area contributed by atoms with E-state index >= 15 is 0 Å². The van der Waals surface area contributed by atoms with Gasteiger partial charge in [0.15, 0.2) is 11.6 Å². The predicted molar refractivity (Wildman–Crippen MR) is 121 cm³/mol. The maximum atomic E-state index is 13.2. The molecule has 3 aromatic rings. The number of aromatic nitrogens is 3. The van der Waals surface area contributed by atoms with E-state index in [-0.39, 0.29) is 28.9 Å². The fraction of sp³-hybridized carbons (Fsp3) is 0.500. The van der Waals surface area contributed by atoms with Crippen molar-refractivity contribution in [2.45, 2.75) is 44.3 Å². The van der Waals surface area contributed by atoms with Gasteiger partial charge in [-0.1, -0.05) is 5.16 Å². The summed E-state index contributed by atoms with van der Waals surface area (Å²) in [6.07, 6.45) is -1.67. The van der Waals surface area contributed by atoms with E-state index in [1.165, 1.54) is 22.6 Å². The molecule has 1 saturated carbocycles. The average Bonchev–Trinajstić information content (AvgIpc) is 3.39. The average molecular weight is 509 g/mol. The van der Waals surface area contributed by atoms with Crippen LogP contribution in [0.5, 0.6) is 0 Å². The molecule has 0 aromatic carbocycles. The van der Waals surface area contributed by atoms with Crippen LogP contribution >= 0.6 is 11.3 Å². The van der Waals surface area contributed by atoms with E-state index in [9.17, 15) is 22.8 Å². The molecule has 13 heteroatoms. The van der Waals surface area contributed by atoms with Gasteiger partial charge in [-0.05, 0) is 38.1 Å². The Labute approximate surface area is 202 Å². The molecule has 0 atom stereocenters. The third-order valence-corrected chi connectivity index (χ3v) is 7.97. The third kappa shape index (κ3) is 3.91. The molecule has 2 fully saturated rings. The zero-order chi connectivity index (χ0) is 25.2. The molecule has 3 amide bonds. The summed E-state index contributed by atoms with van der Waals surface area (Å²) in [6.45, 7) is 3.15. The maximum Gasteiger partial charge on any atom is 0.401 e. The number of likely N-dealkylation sites (tertiary alicyclic amines) is 1. The van der Waals surface area contributed by atoms with Gasteiger partial charge in [-0.25, -0.2) is 14.8 Å². The number of nitrogens with zero attached hydrogens (tertiary/aromatic N) is 5. The molecule has 1 aliphatic carbocycles. The first kappa shape index (κ1) is 23.5. The number of carbonyl (C=O) groups excluding carboxylic acids is 2. The molecule has 0 unspecified atom stereocenters. The van der Waals surface area contributed by atoms with E-state index in [1.807, 2.05) is 11.4 Å². The Hall–Kier alpha value is -3.22. The molecule has 0 bridgehead atoms. The highest BCUT2D eigenvalue weighted by Crippen LogP contribution is 2.50. The lowest BCUT2D eigenvalue weighted by Crippen LogP contribution is -2.67. The van der Waals surface area contributed by atoms with Crippen LogP contribution in [0.25, 0.3) is 10.2 Å². The molecule has 5 rings (SSSR count). The fourth-order valence-corrected chi connectivity index (χ4v) is 5.43. The standard InChI is InChI=1S/C22H23F3N6O3S/c1-20(2,22(23,24)25)14-6-15(29-34-14)28-19(33)30(3)12-7-21(8-12)9-31(10-21)18(32)16-17-13(4-5-35-17)26-11-27-16/h4-6,11-12H,7-10H2,1-3H3,(H,28,29,33). The Bertz CT molecular complexity index is 1290. The second-order valence-electron chi connectivity index (χ2n) is 9.82. The van der Waals surface area contributed by atoms with Gasteiger partial charge in [-0.3, -0.25) is 10.1 Å². The zero-order valence-electron chi connectivity index (χ0n) is 19.2. The normalized spacial score (nSPS) is 17.8. The van der Waals surface area contributed by atoms with Gasteiger partial charge in [-0.15, -0.1) is 11.3 Å². The fourth-order valence-electron chi connectivity index (χ4n) is 4.60. The first-order chi connectivity index (χ1) is 16.4. The van der Waals surface area contributed by atoms with Crippen LogP contribution in [0.15, 0.2) is 28.4 Å². The van der Waals surface area contributed by atoms with Crippen molar-refractivity contribution in [3.05, 3.63) is 35.3 Å². The van der Waals surface area contributed by atoms with E-state index in [2.05, 4.69) is 20.4 Å². The first-order valence-corrected chi connectivity index (χ1v) is 11.8. The molecule has 2 aliphatic rings. The molecular weight excluding hydrogens is 485 g/mol. The largest absolute Gasteiger partial charge is 0.401 e. The van der Waals surface area contributed by atoms with E-state index in [4.69, 9.17) is 4.52 Å². The Morgan fingerprint density at radius 1 is 1.26 bits per heavy atom. The molecule has 3 aromatic heterocycles. The minimum atomic E-state index is -4.52. The number of rotatable bonds is 4. The lowest BCUT2D eigenvalue weighted by atomic mass is 9.60. The van der Waals surface area contributed by atoms with Crippen LogP contribution < -0.4 is 5.32 Å². The zero-order valence-corrected chi connectivity index (χ0v) is 20.0. The monoisotopic (exact) mass is 508 g/mol. The number of thiophene rings is 1. The summed E-state index contributed by atoms with van der Waals surface area (Å²) in [5.41, 5.74) is -1.10. The topological polar surface area (TPSA) is 104 Å². The van der Waals surface area contributed by atoms with Gasteiger partial charge in [0.1, 0.15) is 17.4 Å². The molecule has 186 valence electrons. The summed E-state index contributed by atoms with van der Waals surface area (Å²) in [7, 11) is 1.63. The number of fused-ring (bicyclic) bond motifs is 1. The van der Waals surface area contributed by atoms with E-state index in [0.29, 0.717) is 18.8 Å². The number of nitrogens with one attached hydrogen (secondary N) is 1. The minimum absolute atomic E-state index is 0.0335. The summed E-state index contributed by atoms with van der Waals surface area (Å²) in [5.74, 6) is -0.578. The molecule has 1 aliphatic heterocycles. The smallest absolute Gasteiger partial charge is 0.358 e. The number of amides is 3. The molecule has 9 nitrogen and oxygen atoms in total. The molecule has 4 heterocycles. The van der Waals surface area contributed by atoms with Gasteiger partial charge in [0.25, 0.3) is 5.91 Å². The Morgan fingerprint density at radius 2 is 1.97 bits per heavy atom. The molecule has 1 N–H and O–H groups in total. The van der Waals surface area contributed by atoms with Crippen LogP contribution in [0.4, 0.5) is 23.8 Å². The minimum Gasteiger partial charge on any atom is -0.358 e. The SMILES string of the molecule is CN(C(=O)Nc1cc(C(C)(C)C(F)(F)F)on1)C1CC2(C1)CN(C(=O)c1ncnc3ccsc13)C2. The van der Waals surface area contributed by atoms with Crippen LogP contribution in [0.1, 0.15) is 42.9 Å². The van der Waals surface area contributed by atoms with Crippen molar-refractivity contribution >= 4 is 39.3 Å². The number of hydrogen-bond acceptors (Lipinski definition) is 7. The summed E-state index contributed by atoms with van der Waals surface area (Å²) in [5, 5.41) is 7.94. The number of carbonyl (C=O) groups is 2. The maximum absolute atomic E-state index is 13.2. The number of alkyl halides is 3. The van der Waals surface area contributed by atoms with Gasteiger partial charge in [0, 0.05) is 37.7 Å². The predicted octanol–water partition coefficient (Wildman–Crippen LogP) is 4.29. The molecule has 1 saturated heterocycles. The lowest BCUT2D eigenvalue weighted by Gasteiger charge is -2.60. The van der Waals surface area contributed by atoms with Crippen LogP contribution in [-0.2, 0) is 5.41 Å². The Morgan fingerprint density at radius 3 is 2.66 bits per heavy atom. The Kier molecular flexibility index (Phi) is 5.31. The quantitative estimate of drug-likeness (QED) is 0.564. The van der Waals surface area contributed by atoms with E-state index in [1.54, 1.807) is 11.9 Å². The summed E-state index contributed by atoms with van der Waals surface area (Å²) >= 11 is 1.43. The van der Waals surface area contributed by atoms with Crippen LogP contribution in [0.3, 0.4) is 0 Å². The second-order valence-corrected chi connectivity index (χ2v) is 10.7. The van der Waals surface area contributed by atoms with Gasteiger partial charge in [0.2, 0.25) is 0 Å². The van der Waals surface area contributed by atoms with Crippen LogP contribution in [0.2, 0.25) is 0 Å². The van der Waals surface area contributed by atoms with Gasteiger partial charge in [0.05, 0.1) is 10.2 Å². The number of anilines is 1. The van der Waals surface area contributed by atoms with E-state index < -0.39 is 17.6 Å². The van der Waals surface area contributed by atoms with Gasteiger partial charge in [-0.2, -0.15) is 13.2 Å². The second kappa shape index (κ2) is 7.90.